The van der Waals surface area contributed by atoms with Gasteiger partial charge in [-0.2, -0.15) is 0 Å². The van der Waals surface area contributed by atoms with Gasteiger partial charge in [0.2, 0.25) is 0 Å². The normalized spacial score (nSPS) is 10.6. The molecule has 0 saturated heterocycles. The minimum absolute atomic E-state index is 0.374. The molecule has 1 heterocycles. The highest BCUT2D eigenvalue weighted by molar-refractivity contribution is 5.37. The topological polar surface area (TPSA) is 53.2 Å². The Hall–Kier alpha value is -3.08. The van der Waals surface area contributed by atoms with Crippen LogP contribution in [0.4, 0.5) is 0 Å². The summed E-state index contributed by atoms with van der Waals surface area (Å²) < 4.78 is 7.87. The highest BCUT2D eigenvalue weighted by atomic mass is 16.5. The lowest BCUT2D eigenvalue weighted by atomic mass is 10.1. The molecule has 0 radical (unpaired) electrons. The third kappa shape index (κ3) is 3.15. The van der Waals surface area contributed by atoms with Crippen molar-refractivity contribution in [3.8, 4) is 11.4 Å². The molecular weight excluding hydrogens is 304 g/mol. The van der Waals surface area contributed by atoms with Crippen LogP contribution in [0.3, 0.4) is 0 Å². The van der Waals surface area contributed by atoms with E-state index in [1.54, 1.807) is 43.8 Å². The molecular formula is C19H18N2O3. The zero-order chi connectivity index (χ0) is 17.1. The fraction of sp³-hybridized carbons (Fsp3) is 0.158. The number of methoxy groups -OCH3 is 1. The second kappa shape index (κ2) is 6.58. The molecule has 0 saturated carbocycles. The van der Waals surface area contributed by atoms with Crippen LogP contribution in [-0.2, 0) is 6.54 Å². The van der Waals surface area contributed by atoms with Crippen LogP contribution in [0, 0.1) is 6.92 Å². The first-order valence-electron chi connectivity index (χ1n) is 7.60. The minimum atomic E-state index is -0.574. The maximum atomic E-state index is 12.4. The van der Waals surface area contributed by atoms with Gasteiger partial charge >= 0.3 is 11.1 Å². The van der Waals surface area contributed by atoms with E-state index in [-0.39, 0.29) is 0 Å². The summed E-state index contributed by atoms with van der Waals surface area (Å²) in [6, 6.07) is 14.9. The third-order valence-corrected chi connectivity index (χ3v) is 3.84. The van der Waals surface area contributed by atoms with Crippen molar-refractivity contribution in [1.82, 2.24) is 9.13 Å². The molecule has 0 N–H and O–H groups in total. The monoisotopic (exact) mass is 322 g/mol. The zero-order valence-corrected chi connectivity index (χ0v) is 13.6. The van der Waals surface area contributed by atoms with Crippen molar-refractivity contribution < 1.29 is 4.74 Å². The zero-order valence-electron chi connectivity index (χ0n) is 13.6. The van der Waals surface area contributed by atoms with Crippen molar-refractivity contribution in [2.24, 2.45) is 0 Å². The van der Waals surface area contributed by atoms with Crippen LogP contribution in [-0.4, -0.2) is 16.2 Å². The standard InChI is InChI=1S/C19H18N2O3/c1-14-4-3-5-15(12-14)13-20-10-11-21(19(23)18(20)22)16-6-8-17(24-2)9-7-16/h3-12H,13H2,1-2H3. The Labute approximate surface area is 139 Å². The van der Waals surface area contributed by atoms with Crippen molar-refractivity contribution in [3.05, 3.63) is 92.8 Å². The minimum Gasteiger partial charge on any atom is -0.497 e. The molecule has 0 fully saturated rings. The number of aryl methyl sites for hydroxylation is 1. The van der Waals surface area contributed by atoms with Gasteiger partial charge in [-0.25, -0.2) is 0 Å². The highest BCUT2D eigenvalue weighted by Gasteiger charge is 2.07. The number of benzene rings is 2. The van der Waals surface area contributed by atoms with Crippen molar-refractivity contribution in [2.75, 3.05) is 7.11 Å². The highest BCUT2D eigenvalue weighted by Crippen LogP contribution is 2.13. The number of ether oxygens (including phenoxy) is 1. The van der Waals surface area contributed by atoms with Gasteiger partial charge in [0.25, 0.3) is 0 Å². The molecule has 0 aliphatic carbocycles. The summed E-state index contributed by atoms with van der Waals surface area (Å²) in [7, 11) is 1.58. The fourth-order valence-electron chi connectivity index (χ4n) is 2.59. The maximum Gasteiger partial charge on any atom is 0.320 e. The molecule has 0 aliphatic rings. The first-order chi connectivity index (χ1) is 11.6. The Morgan fingerprint density at radius 3 is 2.38 bits per heavy atom. The van der Waals surface area contributed by atoms with Crippen LogP contribution in [0.1, 0.15) is 11.1 Å². The molecule has 3 rings (SSSR count). The molecule has 0 unspecified atom stereocenters. The van der Waals surface area contributed by atoms with Gasteiger partial charge in [-0.3, -0.25) is 14.2 Å². The molecule has 5 heteroatoms. The molecule has 24 heavy (non-hydrogen) atoms. The molecule has 0 spiro atoms. The average Bonchev–Trinajstić information content (AvgIpc) is 2.59. The van der Waals surface area contributed by atoms with Gasteiger partial charge < -0.3 is 9.30 Å². The van der Waals surface area contributed by atoms with Crippen molar-refractivity contribution in [2.45, 2.75) is 13.5 Å². The summed E-state index contributed by atoms with van der Waals surface area (Å²) in [4.78, 5) is 24.8. The van der Waals surface area contributed by atoms with Crippen LogP contribution in [0.25, 0.3) is 5.69 Å². The van der Waals surface area contributed by atoms with Gasteiger partial charge in [-0.05, 0) is 36.8 Å². The van der Waals surface area contributed by atoms with Crippen LogP contribution in [0.15, 0.2) is 70.5 Å². The van der Waals surface area contributed by atoms with E-state index in [4.69, 9.17) is 4.74 Å². The van der Waals surface area contributed by atoms with E-state index >= 15 is 0 Å². The summed E-state index contributed by atoms with van der Waals surface area (Å²) in [6.07, 6.45) is 3.25. The second-order valence-corrected chi connectivity index (χ2v) is 5.59. The number of rotatable bonds is 4. The SMILES string of the molecule is COc1ccc(-n2ccn(Cc3cccc(C)c3)c(=O)c2=O)cc1. The van der Waals surface area contributed by atoms with E-state index in [9.17, 15) is 9.59 Å². The van der Waals surface area contributed by atoms with Crippen molar-refractivity contribution in [1.29, 1.82) is 0 Å². The maximum absolute atomic E-state index is 12.4. The summed E-state index contributed by atoms with van der Waals surface area (Å²) in [5, 5.41) is 0. The molecule has 122 valence electrons. The van der Waals surface area contributed by atoms with E-state index in [1.807, 2.05) is 31.2 Å². The average molecular weight is 322 g/mol. The Kier molecular flexibility index (Phi) is 4.33. The lowest BCUT2D eigenvalue weighted by Gasteiger charge is -2.10. The number of hydrogen-bond donors (Lipinski definition) is 0. The Morgan fingerprint density at radius 1 is 0.958 bits per heavy atom. The summed E-state index contributed by atoms with van der Waals surface area (Å²) in [5.41, 5.74) is 1.61. The van der Waals surface area contributed by atoms with Gasteiger partial charge in [-0.1, -0.05) is 29.8 Å². The second-order valence-electron chi connectivity index (χ2n) is 5.59. The van der Waals surface area contributed by atoms with E-state index in [0.717, 1.165) is 11.1 Å². The Bertz CT molecular complexity index is 969. The number of aromatic nitrogens is 2. The molecule has 0 aliphatic heterocycles. The van der Waals surface area contributed by atoms with Gasteiger partial charge in [0.05, 0.1) is 13.7 Å². The smallest absolute Gasteiger partial charge is 0.320 e. The fourth-order valence-corrected chi connectivity index (χ4v) is 2.59. The first-order valence-corrected chi connectivity index (χ1v) is 7.60. The molecule has 5 nitrogen and oxygen atoms in total. The summed E-state index contributed by atoms with van der Waals surface area (Å²) >= 11 is 0. The number of hydrogen-bond acceptors (Lipinski definition) is 3. The van der Waals surface area contributed by atoms with Gasteiger partial charge in [-0.15, -0.1) is 0 Å². The van der Waals surface area contributed by atoms with Crippen LogP contribution in [0.5, 0.6) is 5.75 Å². The van der Waals surface area contributed by atoms with Crippen molar-refractivity contribution in [3.63, 3.8) is 0 Å². The third-order valence-electron chi connectivity index (χ3n) is 3.84. The molecule has 0 atom stereocenters. The van der Waals surface area contributed by atoms with Gasteiger partial charge in [0.1, 0.15) is 5.75 Å². The van der Waals surface area contributed by atoms with Crippen LogP contribution >= 0.6 is 0 Å². The summed E-state index contributed by atoms with van der Waals surface area (Å²) in [6.45, 7) is 2.37. The summed E-state index contributed by atoms with van der Waals surface area (Å²) in [5.74, 6) is 0.694. The van der Waals surface area contributed by atoms with E-state index in [0.29, 0.717) is 18.0 Å². The lowest BCUT2D eigenvalue weighted by molar-refractivity contribution is 0.414. The van der Waals surface area contributed by atoms with Gasteiger partial charge in [0.15, 0.2) is 0 Å². The van der Waals surface area contributed by atoms with Crippen molar-refractivity contribution >= 4 is 0 Å². The molecule has 2 aromatic carbocycles. The predicted molar refractivity (Wildman–Crippen MR) is 93.1 cm³/mol. The van der Waals surface area contributed by atoms with Crippen LogP contribution in [0.2, 0.25) is 0 Å². The number of nitrogens with zero attached hydrogens (tertiary/aromatic N) is 2. The van der Waals surface area contributed by atoms with E-state index in [2.05, 4.69) is 0 Å². The first kappa shape index (κ1) is 15.8. The Balaban J connectivity index is 1.96. The van der Waals surface area contributed by atoms with E-state index < -0.39 is 11.1 Å². The molecule has 0 bridgehead atoms. The quantitative estimate of drug-likeness (QED) is 0.693. The lowest BCUT2D eigenvalue weighted by Crippen LogP contribution is -2.40. The Morgan fingerprint density at radius 2 is 1.71 bits per heavy atom. The van der Waals surface area contributed by atoms with Crippen LogP contribution < -0.4 is 15.9 Å². The predicted octanol–water partition coefficient (Wildman–Crippen LogP) is 2.36. The molecule has 1 aromatic heterocycles. The van der Waals surface area contributed by atoms with E-state index in [1.165, 1.54) is 9.13 Å². The van der Waals surface area contributed by atoms with Gasteiger partial charge in [0, 0.05) is 18.1 Å². The molecule has 0 amide bonds. The largest absolute Gasteiger partial charge is 0.497 e. The molecule has 3 aromatic rings.